The zero-order chi connectivity index (χ0) is 20.4. The predicted octanol–water partition coefficient (Wildman–Crippen LogP) is 5.37. The number of aryl methyl sites for hydroxylation is 2. The lowest BCUT2D eigenvalue weighted by molar-refractivity contribution is -0.112. The Morgan fingerprint density at radius 3 is 2.71 bits per heavy atom. The number of rotatable bonds is 4. The zero-order valence-corrected chi connectivity index (χ0v) is 17.6. The summed E-state index contributed by atoms with van der Waals surface area (Å²) in [6, 6.07) is 9.70. The van der Waals surface area contributed by atoms with Gasteiger partial charge in [0.2, 0.25) is 0 Å². The van der Waals surface area contributed by atoms with Crippen LogP contribution >= 0.6 is 22.9 Å². The fourth-order valence-corrected chi connectivity index (χ4v) is 3.85. The topological polar surface area (TPSA) is 70.7 Å². The Hall–Kier alpha value is -2.88. The van der Waals surface area contributed by atoms with Gasteiger partial charge in [0.25, 0.3) is 5.91 Å². The maximum absolute atomic E-state index is 12.5. The number of carbonyl (C=O) groups excluding carboxylic acids is 1. The van der Waals surface area contributed by atoms with E-state index in [1.54, 1.807) is 12.3 Å². The van der Waals surface area contributed by atoms with E-state index in [1.165, 1.54) is 11.3 Å². The van der Waals surface area contributed by atoms with Gasteiger partial charge in [-0.25, -0.2) is 4.98 Å². The molecule has 3 aromatic rings. The summed E-state index contributed by atoms with van der Waals surface area (Å²) < 4.78 is 2.07. The van der Waals surface area contributed by atoms with Gasteiger partial charge in [0.1, 0.15) is 11.6 Å². The lowest BCUT2D eigenvalue weighted by atomic mass is 10.1. The van der Waals surface area contributed by atoms with Crippen LogP contribution in [0.2, 0.25) is 5.02 Å². The molecular formula is C21H19ClN4OS. The van der Waals surface area contributed by atoms with Gasteiger partial charge in [0.15, 0.2) is 5.13 Å². The van der Waals surface area contributed by atoms with E-state index < -0.39 is 5.91 Å². The molecular weight excluding hydrogens is 392 g/mol. The normalized spacial score (nSPS) is 11.4. The SMILES string of the molecule is Cc1cnc(NC(=O)/C(C#N)=C\c2cc(C)n(-c3cccc(Cl)c3C)c2C)s1. The summed E-state index contributed by atoms with van der Waals surface area (Å²) in [6.45, 7) is 7.81. The number of amides is 1. The number of thiazole rings is 1. The summed E-state index contributed by atoms with van der Waals surface area (Å²) >= 11 is 7.64. The standard InChI is InChI=1S/C21H19ClN4OS/c1-12-8-16(15(4)26(12)19-7-5-6-18(22)14(19)3)9-17(10-23)20(27)25-21-24-11-13(2)28-21/h5-9,11H,1-4H3,(H,24,25,27)/b17-9-. The van der Waals surface area contributed by atoms with E-state index in [0.29, 0.717) is 10.2 Å². The van der Waals surface area contributed by atoms with Gasteiger partial charge in [-0.2, -0.15) is 5.26 Å². The first-order chi connectivity index (χ1) is 13.3. The molecule has 0 spiro atoms. The minimum atomic E-state index is -0.472. The van der Waals surface area contributed by atoms with Gasteiger partial charge in [0.05, 0.1) is 0 Å². The van der Waals surface area contributed by atoms with Gasteiger partial charge in [-0.05, 0) is 63.1 Å². The molecule has 7 heteroatoms. The Labute approximate surface area is 172 Å². The van der Waals surface area contributed by atoms with Gasteiger partial charge in [-0.15, -0.1) is 11.3 Å². The van der Waals surface area contributed by atoms with Crippen molar-refractivity contribution in [2.24, 2.45) is 0 Å². The van der Waals surface area contributed by atoms with Crippen LogP contribution in [-0.2, 0) is 4.79 Å². The van der Waals surface area contributed by atoms with Crippen molar-refractivity contribution < 1.29 is 4.79 Å². The highest BCUT2D eigenvalue weighted by molar-refractivity contribution is 7.15. The Bertz CT molecular complexity index is 1130. The second kappa shape index (κ2) is 8.01. The lowest BCUT2D eigenvalue weighted by Crippen LogP contribution is -2.13. The second-order valence-electron chi connectivity index (χ2n) is 6.45. The number of anilines is 1. The van der Waals surface area contributed by atoms with Crippen LogP contribution in [0.4, 0.5) is 5.13 Å². The molecule has 1 N–H and O–H groups in total. The zero-order valence-electron chi connectivity index (χ0n) is 16.0. The summed E-state index contributed by atoms with van der Waals surface area (Å²) in [5, 5.41) is 13.3. The van der Waals surface area contributed by atoms with Gasteiger partial charge >= 0.3 is 0 Å². The number of aromatic nitrogens is 2. The first-order valence-corrected chi connectivity index (χ1v) is 9.81. The molecule has 3 rings (SSSR count). The summed E-state index contributed by atoms with van der Waals surface area (Å²) in [4.78, 5) is 17.6. The molecule has 5 nitrogen and oxygen atoms in total. The smallest absolute Gasteiger partial charge is 0.268 e. The van der Waals surface area contributed by atoms with E-state index in [1.807, 2.05) is 58.0 Å². The molecule has 0 bridgehead atoms. The van der Waals surface area contributed by atoms with Crippen molar-refractivity contribution in [3.05, 3.63) is 68.4 Å². The van der Waals surface area contributed by atoms with Gasteiger partial charge < -0.3 is 4.57 Å². The van der Waals surface area contributed by atoms with E-state index in [9.17, 15) is 10.1 Å². The van der Waals surface area contributed by atoms with Crippen molar-refractivity contribution in [2.75, 3.05) is 5.32 Å². The predicted molar refractivity (Wildman–Crippen MR) is 114 cm³/mol. The van der Waals surface area contributed by atoms with Gasteiger partial charge in [-0.3, -0.25) is 10.1 Å². The summed E-state index contributed by atoms with van der Waals surface area (Å²) in [5.74, 6) is -0.472. The average molecular weight is 411 g/mol. The van der Waals surface area contributed by atoms with Crippen molar-refractivity contribution in [1.29, 1.82) is 5.26 Å². The second-order valence-corrected chi connectivity index (χ2v) is 8.09. The number of benzene rings is 1. The Balaban J connectivity index is 1.98. The van der Waals surface area contributed by atoms with Crippen LogP contribution in [-0.4, -0.2) is 15.5 Å². The van der Waals surface area contributed by atoms with Crippen molar-refractivity contribution in [3.63, 3.8) is 0 Å². The molecule has 28 heavy (non-hydrogen) atoms. The monoisotopic (exact) mass is 410 g/mol. The molecule has 0 saturated heterocycles. The number of nitrogens with zero attached hydrogens (tertiary/aromatic N) is 3. The highest BCUT2D eigenvalue weighted by Gasteiger charge is 2.16. The summed E-state index contributed by atoms with van der Waals surface area (Å²) in [7, 11) is 0. The number of hydrogen-bond acceptors (Lipinski definition) is 4. The molecule has 0 atom stereocenters. The lowest BCUT2D eigenvalue weighted by Gasteiger charge is -2.13. The van der Waals surface area contributed by atoms with Gasteiger partial charge in [0, 0.05) is 33.2 Å². The Morgan fingerprint density at radius 1 is 1.32 bits per heavy atom. The van der Waals surface area contributed by atoms with Gasteiger partial charge in [-0.1, -0.05) is 17.7 Å². The third-order valence-electron chi connectivity index (χ3n) is 4.46. The quantitative estimate of drug-likeness (QED) is 0.464. The molecule has 0 unspecified atom stereocenters. The molecule has 1 aromatic carbocycles. The molecule has 0 saturated carbocycles. The van der Waals surface area contributed by atoms with E-state index in [0.717, 1.165) is 33.1 Å². The minimum absolute atomic E-state index is 0.0240. The van der Waals surface area contributed by atoms with E-state index >= 15 is 0 Å². The average Bonchev–Trinajstić information content (AvgIpc) is 3.18. The van der Waals surface area contributed by atoms with Crippen LogP contribution < -0.4 is 5.32 Å². The maximum Gasteiger partial charge on any atom is 0.268 e. The Kier molecular flexibility index (Phi) is 5.68. The van der Waals surface area contributed by atoms with Crippen molar-refractivity contribution in [1.82, 2.24) is 9.55 Å². The molecule has 0 fully saturated rings. The maximum atomic E-state index is 12.5. The van der Waals surface area contributed by atoms with E-state index in [-0.39, 0.29) is 5.57 Å². The molecule has 0 aliphatic carbocycles. The van der Waals surface area contributed by atoms with Crippen LogP contribution in [0.1, 0.15) is 27.4 Å². The highest BCUT2D eigenvalue weighted by Crippen LogP contribution is 2.28. The fourth-order valence-electron chi connectivity index (χ4n) is 3.02. The number of nitrogens with one attached hydrogen (secondary N) is 1. The van der Waals surface area contributed by atoms with Crippen LogP contribution in [0.5, 0.6) is 0 Å². The number of carbonyl (C=O) groups is 1. The van der Waals surface area contributed by atoms with Crippen molar-refractivity contribution in [2.45, 2.75) is 27.7 Å². The van der Waals surface area contributed by atoms with Crippen molar-refractivity contribution in [3.8, 4) is 11.8 Å². The summed E-state index contributed by atoms with van der Waals surface area (Å²) in [6.07, 6.45) is 3.28. The largest absolute Gasteiger partial charge is 0.318 e. The highest BCUT2D eigenvalue weighted by atomic mass is 35.5. The van der Waals surface area contributed by atoms with Crippen LogP contribution in [0, 0.1) is 39.0 Å². The van der Waals surface area contributed by atoms with E-state index in [4.69, 9.17) is 11.6 Å². The number of halogens is 1. The van der Waals surface area contributed by atoms with Crippen LogP contribution in [0.15, 0.2) is 36.0 Å². The first kappa shape index (κ1) is 19.9. The summed E-state index contributed by atoms with van der Waals surface area (Å²) in [5.41, 5.74) is 4.69. The van der Waals surface area contributed by atoms with Crippen molar-refractivity contribution >= 4 is 40.1 Å². The third-order valence-corrected chi connectivity index (χ3v) is 5.69. The van der Waals surface area contributed by atoms with Crippen LogP contribution in [0.3, 0.4) is 0 Å². The molecule has 2 aromatic heterocycles. The number of hydrogen-bond donors (Lipinski definition) is 1. The van der Waals surface area contributed by atoms with Crippen LogP contribution in [0.25, 0.3) is 11.8 Å². The number of nitriles is 1. The molecule has 142 valence electrons. The molecule has 2 heterocycles. The Morgan fingerprint density at radius 2 is 2.07 bits per heavy atom. The van der Waals surface area contributed by atoms with E-state index in [2.05, 4.69) is 14.9 Å². The fraction of sp³-hybridized carbons (Fsp3) is 0.190. The first-order valence-electron chi connectivity index (χ1n) is 8.61. The molecule has 0 aliphatic heterocycles. The molecule has 0 aliphatic rings. The molecule has 0 radical (unpaired) electrons. The minimum Gasteiger partial charge on any atom is -0.318 e. The third kappa shape index (κ3) is 3.86. The molecule has 1 amide bonds.